The minimum Gasteiger partial charge on any atom is -0.398 e. The van der Waals surface area contributed by atoms with Crippen molar-refractivity contribution in [1.82, 2.24) is 4.31 Å². The van der Waals surface area contributed by atoms with E-state index in [9.17, 15) is 8.42 Å². The molecule has 0 radical (unpaired) electrons. The van der Waals surface area contributed by atoms with Crippen LogP contribution < -0.4 is 5.73 Å². The van der Waals surface area contributed by atoms with Crippen LogP contribution in [0.2, 0.25) is 0 Å². The minimum absolute atomic E-state index is 0.00535. The summed E-state index contributed by atoms with van der Waals surface area (Å²) in [5, 5.41) is 8.94. The van der Waals surface area contributed by atoms with Crippen LogP contribution in [-0.2, 0) is 16.4 Å². The van der Waals surface area contributed by atoms with E-state index in [2.05, 4.69) is 0 Å². The van der Waals surface area contributed by atoms with Crippen LogP contribution in [0.3, 0.4) is 0 Å². The van der Waals surface area contributed by atoms with Crippen LogP contribution in [0.4, 0.5) is 5.69 Å². The molecule has 1 saturated heterocycles. The second-order valence-electron chi connectivity index (χ2n) is 5.49. The topological polar surface area (TPSA) is 83.6 Å². The molecule has 118 valence electrons. The molecule has 0 aromatic heterocycles. The molecule has 1 heterocycles. The third-order valence-corrected chi connectivity index (χ3v) is 6.07. The average Bonchev–Trinajstić information content (AvgIpc) is 2.94. The standard InChI is InChI=1S/C15H24N2O3S/c1-2-12-7-8-14(11-15(12)16)21(19,20)17-9-3-5-13(17)6-4-10-18/h7-8,11,13,18H,2-6,9-10,16H2,1H3. The Bertz CT molecular complexity index is 587. The molecule has 21 heavy (non-hydrogen) atoms. The molecule has 2 rings (SSSR count). The molecule has 1 fully saturated rings. The van der Waals surface area contributed by atoms with E-state index in [4.69, 9.17) is 10.8 Å². The monoisotopic (exact) mass is 312 g/mol. The molecule has 0 saturated carbocycles. The highest BCUT2D eigenvalue weighted by atomic mass is 32.2. The molecule has 3 N–H and O–H groups in total. The fourth-order valence-corrected chi connectivity index (χ4v) is 4.69. The number of nitrogens with zero attached hydrogens (tertiary/aromatic N) is 1. The lowest BCUT2D eigenvalue weighted by atomic mass is 10.1. The van der Waals surface area contributed by atoms with Gasteiger partial charge in [-0.1, -0.05) is 13.0 Å². The van der Waals surface area contributed by atoms with Gasteiger partial charge in [-0.3, -0.25) is 0 Å². The minimum atomic E-state index is -3.49. The first-order valence-electron chi connectivity index (χ1n) is 7.51. The van der Waals surface area contributed by atoms with Crippen LogP contribution in [0.1, 0.15) is 38.2 Å². The van der Waals surface area contributed by atoms with Crippen molar-refractivity contribution < 1.29 is 13.5 Å². The molecule has 1 aliphatic rings. The Hall–Kier alpha value is -1.11. The maximum Gasteiger partial charge on any atom is 0.243 e. The number of nitrogen functional groups attached to an aromatic ring is 1. The van der Waals surface area contributed by atoms with Gasteiger partial charge < -0.3 is 10.8 Å². The lowest BCUT2D eigenvalue weighted by Crippen LogP contribution is -2.35. The molecule has 0 amide bonds. The van der Waals surface area contributed by atoms with E-state index in [1.54, 1.807) is 22.5 Å². The third-order valence-electron chi connectivity index (χ3n) is 4.12. The van der Waals surface area contributed by atoms with Gasteiger partial charge in [0.05, 0.1) is 4.90 Å². The number of aryl methyl sites for hydroxylation is 1. The summed E-state index contributed by atoms with van der Waals surface area (Å²) < 4.78 is 27.1. The lowest BCUT2D eigenvalue weighted by molar-refractivity contribution is 0.264. The van der Waals surface area contributed by atoms with Crippen LogP contribution in [0, 0.1) is 0 Å². The van der Waals surface area contributed by atoms with Gasteiger partial charge in [0.1, 0.15) is 0 Å². The van der Waals surface area contributed by atoms with E-state index in [0.717, 1.165) is 24.8 Å². The Labute approximate surface area is 126 Å². The molecule has 1 atom stereocenters. The number of hydrogen-bond acceptors (Lipinski definition) is 4. The van der Waals surface area contributed by atoms with E-state index in [1.165, 1.54) is 0 Å². The fraction of sp³-hybridized carbons (Fsp3) is 0.600. The van der Waals surface area contributed by atoms with Crippen molar-refractivity contribution in [1.29, 1.82) is 0 Å². The van der Waals surface area contributed by atoms with Crippen LogP contribution >= 0.6 is 0 Å². The smallest absolute Gasteiger partial charge is 0.243 e. The van der Waals surface area contributed by atoms with Crippen LogP contribution in [0.15, 0.2) is 23.1 Å². The highest BCUT2D eigenvalue weighted by Gasteiger charge is 2.34. The number of hydrogen-bond donors (Lipinski definition) is 2. The number of sulfonamides is 1. The quantitative estimate of drug-likeness (QED) is 0.784. The maximum absolute atomic E-state index is 12.8. The zero-order valence-electron chi connectivity index (χ0n) is 12.5. The Morgan fingerprint density at radius 3 is 2.81 bits per heavy atom. The Kier molecular flexibility index (Phi) is 5.24. The van der Waals surface area contributed by atoms with Crippen molar-refractivity contribution in [3.63, 3.8) is 0 Å². The van der Waals surface area contributed by atoms with Crippen molar-refractivity contribution in [3.8, 4) is 0 Å². The van der Waals surface area contributed by atoms with Crippen molar-refractivity contribution in [3.05, 3.63) is 23.8 Å². The maximum atomic E-state index is 12.8. The number of aliphatic hydroxyl groups is 1. The number of rotatable bonds is 6. The highest BCUT2D eigenvalue weighted by Crippen LogP contribution is 2.29. The van der Waals surface area contributed by atoms with Gasteiger partial charge in [0.2, 0.25) is 10.0 Å². The summed E-state index contributed by atoms with van der Waals surface area (Å²) in [6, 6.07) is 5.00. The molecule has 0 aliphatic carbocycles. The van der Waals surface area contributed by atoms with E-state index in [-0.39, 0.29) is 17.5 Å². The van der Waals surface area contributed by atoms with Gasteiger partial charge in [0, 0.05) is 24.9 Å². The molecule has 1 aromatic carbocycles. The molecular formula is C15H24N2O3S. The summed E-state index contributed by atoms with van der Waals surface area (Å²) in [5.74, 6) is 0. The Morgan fingerprint density at radius 1 is 1.43 bits per heavy atom. The predicted molar refractivity (Wildman–Crippen MR) is 83.5 cm³/mol. The van der Waals surface area contributed by atoms with Crippen molar-refractivity contribution >= 4 is 15.7 Å². The van der Waals surface area contributed by atoms with Crippen molar-refractivity contribution in [2.45, 2.75) is 50.0 Å². The van der Waals surface area contributed by atoms with Crippen LogP contribution in [0.25, 0.3) is 0 Å². The van der Waals surface area contributed by atoms with Crippen LogP contribution in [0.5, 0.6) is 0 Å². The van der Waals surface area contributed by atoms with E-state index in [1.807, 2.05) is 6.92 Å². The average molecular weight is 312 g/mol. The molecule has 6 heteroatoms. The number of nitrogens with two attached hydrogens (primary N) is 1. The van der Waals surface area contributed by atoms with E-state index < -0.39 is 10.0 Å². The molecule has 5 nitrogen and oxygen atoms in total. The summed E-state index contributed by atoms with van der Waals surface area (Å²) in [7, 11) is -3.49. The Morgan fingerprint density at radius 2 is 2.19 bits per heavy atom. The van der Waals surface area contributed by atoms with Gasteiger partial charge in [-0.05, 0) is 49.8 Å². The first kappa shape index (κ1) is 16.3. The molecular weight excluding hydrogens is 288 g/mol. The number of benzene rings is 1. The van der Waals surface area contributed by atoms with Gasteiger partial charge in [-0.2, -0.15) is 4.31 Å². The van der Waals surface area contributed by atoms with Gasteiger partial charge in [0.25, 0.3) is 0 Å². The third kappa shape index (κ3) is 3.39. The van der Waals surface area contributed by atoms with Crippen molar-refractivity contribution in [2.24, 2.45) is 0 Å². The second-order valence-corrected chi connectivity index (χ2v) is 7.38. The second kappa shape index (κ2) is 6.77. The SMILES string of the molecule is CCc1ccc(S(=O)(=O)N2CCCC2CCCO)cc1N. The van der Waals surface area contributed by atoms with E-state index >= 15 is 0 Å². The summed E-state index contributed by atoms with van der Waals surface area (Å²) in [4.78, 5) is 0.271. The van der Waals surface area contributed by atoms with Gasteiger partial charge in [0.15, 0.2) is 0 Å². The highest BCUT2D eigenvalue weighted by molar-refractivity contribution is 7.89. The number of anilines is 1. The summed E-state index contributed by atoms with van der Waals surface area (Å²) in [6.07, 6.45) is 3.86. The van der Waals surface area contributed by atoms with Crippen molar-refractivity contribution in [2.75, 3.05) is 18.9 Å². The molecule has 0 spiro atoms. The first-order valence-corrected chi connectivity index (χ1v) is 8.95. The summed E-state index contributed by atoms with van der Waals surface area (Å²) in [6.45, 7) is 2.64. The number of aliphatic hydroxyl groups excluding tert-OH is 1. The van der Waals surface area contributed by atoms with E-state index in [0.29, 0.717) is 25.1 Å². The summed E-state index contributed by atoms with van der Waals surface area (Å²) in [5.41, 5.74) is 7.42. The largest absolute Gasteiger partial charge is 0.398 e. The lowest BCUT2D eigenvalue weighted by Gasteiger charge is -2.24. The van der Waals surface area contributed by atoms with Crippen LogP contribution in [-0.4, -0.2) is 37.0 Å². The summed E-state index contributed by atoms with van der Waals surface area (Å²) >= 11 is 0. The molecule has 0 bridgehead atoms. The van der Waals surface area contributed by atoms with Gasteiger partial charge >= 0.3 is 0 Å². The first-order chi connectivity index (χ1) is 10.0. The predicted octanol–water partition coefficient (Wildman–Crippen LogP) is 1.76. The molecule has 1 unspecified atom stereocenters. The van der Waals surface area contributed by atoms with Gasteiger partial charge in [-0.15, -0.1) is 0 Å². The molecule has 1 aliphatic heterocycles. The van der Waals surface area contributed by atoms with Gasteiger partial charge in [-0.25, -0.2) is 8.42 Å². The zero-order valence-corrected chi connectivity index (χ0v) is 13.3. The Balaban J connectivity index is 2.26. The normalized spacial score (nSPS) is 20.0. The zero-order chi connectivity index (χ0) is 15.5. The molecule has 1 aromatic rings. The fourth-order valence-electron chi connectivity index (χ4n) is 2.93.